The molecule has 2 aromatic heterocycles. The minimum Gasteiger partial charge on any atom is -0.497 e. The summed E-state index contributed by atoms with van der Waals surface area (Å²) in [6.45, 7) is 2.73. The van der Waals surface area contributed by atoms with E-state index in [1.165, 1.54) is 11.6 Å². The Bertz CT molecular complexity index is 1300. The number of primary amides is 1. The lowest BCUT2D eigenvalue weighted by molar-refractivity contribution is -0.118. The van der Waals surface area contributed by atoms with E-state index in [2.05, 4.69) is 11.9 Å². The molecule has 11 nitrogen and oxygen atoms in total. The summed E-state index contributed by atoms with van der Waals surface area (Å²) in [4.78, 5) is 43.8. The number of carbonyl (C=O) groups is 1. The molecule has 3 aromatic rings. The maximum Gasteiger partial charge on any atom is 0.332 e. The van der Waals surface area contributed by atoms with Gasteiger partial charge >= 0.3 is 5.69 Å². The predicted molar refractivity (Wildman–Crippen MR) is 114 cm³/mol. The topological polar surface area (TPSA) is 127 Å². The van der Waals surface area contributed by atoms with E-state index in [9.17, 15) is 14.4 Å². The number of nitrogens with zero attached hydrogens (tertiary/aromatic N) is 5. The van der Waals surface area contributed by atoms with Gasteiger partial charge in [-0.05, 0) is 18.1 Å². The van der Waals surface area contributed by atoms with Gasteiger partial charge in [0.15, 0.2) is 11.2 Å². The van der Waals surface area contributed by atoms with Gasteiger partial charge in [-0.2, -0.15) is 4.98 Å². The second-order valence-corrected chi connectivity index (χ2v) is 7.65. The number of nitrogens with two attached hydrogens (primary N) is 1. The summed E-state index contributed by atoms with van der Waals surface area (Å²) in [7, 11) is 4.66. The Morgan fingerprint density at radius 2 is 1.97 bits per heavy atom. The molecule has 0 radical (unpaired) electrons. The maximum atomic E-state index is 13.1. The van der Waals surface area contributed by atoms with Crippen molar-refractivity contribution >= 4 is 28.7 Å². The number of benzene rings is 1. The van der Waals surface area contributed by atoms with Crippen molar-refractivity contribution in [2.45, 2.75) is 20.0 Å². The number of anilines is 2. The minimum atomic E-state index is -0.769. The van der Waals surface area contributed by atoms with Gasteiger partial charge in [0, 0.05) is 26.2 Å². The Hall–Kier alpha value is -3.76. The van der Waals surface area contributed by atoms with Crippen molar-refractivity contribution in [1.82, 2.24) is 18.7 Å². The van der Waals surface area contributed by atoms with Crippen LogP contribution in [0.15, 0.2) is 27.8 Å². The molecule has 11 heteroatoms. The number of fused-ring (bicyclic) bond motifs is 3. The molecule has 0 saturated heterocycles. The van der Waals surface area contributed by atoms with Crippen molar-refractivity contribution in [3.63, 3.8) is 0 Å². The second kappa shape index (κ2) is 7.49. The Kier molecular flexibility index (Phi) is 4.96. The van der Waals surface area contributed by atoms with Crippen LogP contribution in [0.3, 0.4) is 0 Å². The Labute approximate surface area is 177 Å². The number of ether oxygens (including phenoxy) is 2. The van der Waals surface area contributed by atoms with Gasteiger partial charge in [0.1, 0.15) is 18.0 Å². The van der Waals surface area contributed by atoms with Crippen molar-refractivity contribution in [2.75, 3.05) is 25.7 Å². The highest BCUT2D eigenvalue weighted by Gasteiger charge is 2.31. The number of carbonyl (C=O) groups excluding carboxylic acids is 1. The van der Waals surface area contributed by atoms with Crippen molar-refractivity contribution < 1.29 is 14.3 Å². The standard InChI is InChI=1S/C20H24N6O5/c1-11-8-24(13-6-5-12(30-3)7-14(13)31-4)19-22-17-16(25(19)9-11)18(28)26(10-15(21)27)20(29)23(17)2/h5-7,11H,8-10H2,1-4H3,(H2,21,27). The molecule has 0 aliphatic carbocycles. The third-order valence-electron chi connectivity index (χ3n) is 5.43. The van der Waals surface area contributed by atoms with Gasteiger partial charge in [-0.15, -0.1) is 0 Å². The van der Waals surface area contributed by atoms with Gasteiger partial charge in [-0.1, -0.05) is 6.92 Å². The monoisotopic (exact) mass is 428 g/mol. The highest BCUT2D eigenvalue weighted by Crippen LogP contribution is 2.39. The molecule has 1 aromatic carbocycles. The van der Waals surface area contributed by atoms with Crippen LogP contribution in [0.25, 0.3) is 11.2 Å². The molecule has 1 amide bonds. The SMILES string of the molecule is COc1ccc(N2CC(C)Cn3c2nc2c3c(=O)n(CC(N)=O)c(=O)n2C)c(OC)c1. The largest absolute Gasteiger partial charge is 0.497 e. The molecule has 1 atom stereocenters. The lowest BCUT2D eigenvalue weighted by atomic mass is 10.1. The molecule has 4 rings (SSSR count). The van der Waals surface area contributed by atoms with Crippen LogP contribution in [-0.2, 0) is 24.9 Å². The van der Waals surface area contributed by atoms with E-state index in [1.807, 2.05) is 17.0 Å². The molecular weight excluding hydrogens is 404 g/mol. The van der Waals surface area contributed by atoms with Crippen LogP contribution in [0.5, 0.6) is 11.5 Å². The Morgan fingerprint density at radius 1 is 1.23 bits per heavy atom. The zero-order valence-electron chi connectivity index (χ0n) is 17.8. The molecule has 31 heavy (non-hydrogen) atoms. The summed E-state index contributed by atoms with van der Waals surface area (Å²) < 4.78 is 14.7. The van der Waals surface area contributed by atoms with Gasteiger partial charge < -0.3 is 24.7 Å². The molecule has 0 spiro atoms. The highest BCUT2D eigenvalue weighted by atomic mass is 16.5. The zero-order valence-corrected chi connectivity index (χ0v) is 17.8. The third-order valence-corrected chi connectivity index (χ3v) is 5.43. The minimum absolute atomic E-state index is 0.165. The maximum absolute atomic E-state index is 13.1. The molecule has 2 N–H and O–H groups in total. The lowest BCUT2D eigenvalue weighted by Gasteiger charge is -2.33. The van der Waals surface area contributed by atoms with E-state index in [0.29, 0.717) is 30.5 Å². The first-order valence-electron chi connectivity index (χ1n) is 9.74. The fourth-order valence-corrected chi connectivity index (χ4v) is 4.01. The third kappa shape index (κ3) is 3.22. The number of aryl methyl sites for hydroxylation is 1. The number of hydrogen-bond acceptors (Lipinski definition) is 7. The summed E-state index contributed by atoms with van der Waals surface area (Å²) >= 11 is 0. The number of methoxy groups -OCH3 is 2. The first kappa shape index (κ1) is 20.5. The predicted octanol–water partition coefficient (Wildman–Crippen LogP) is 0.187. The molecular formula is C20H24N6O5. The molecule has 1 unspecified atom stereocenters. The van der Waals surface area contributed by atoms with Gasteiger partial charge in [0.2, 0.25) is 11.9 Å². The van der Waals surface area contributed by atoms with Crippen molar-refractivity contribution in [2.24, 2.45) is 18.7 Å². The zero-order chi connectivity index (χ0) is 22.4. The van der Waals surface area contributed by atoms with Crippen LogP contribution in [0.2, 0.25) is 0 Å². The fourth-order valence-electron chi connectivity index (χ4n) is 4.01. The van der Waals surface area contributed by atoms with Gasteiger partial charge in [0.05, 0.1) is 19.9 Å². The van der Waals surface area contributed by atoms with Crippen LogP contribution in [0.4, 0.5) is 11.6 Å². The summed E-state index contributed by atoms with van der Waals surface area (Å²) in [6.07, 6.45) is 0. The summed E-state index contributed by atoms with van der Waals surface area (Å²) in [6, 6.07) is 5.46. The lowest BCUT2D eigenvalue weighted by Crippen LogP contribution is -2.43. The number of rotatable bonds is 5. The van der Waals surface area contributed by atoms with E-state index in [0.717, 1.165) is 10.3 Å². The molecule has 1 aliphatic rings. The smallest absolute Gasteiger partial charge is 0.332 e. The van der Waals surface area contributed by atoms with Crippen LogP contribution in [0.1, 0.15) is 6.92 Å². The van der Waals surface area contributed by atoms with Crippen LogP contribution in [0, 0.1) is 5.92 Å². The van der Waals surface area contributed by atoms with Gasteiger partial charge in [-0.25, -0.2) is 9.36 Å². The first-order valence-corrected chi connectivity index (χ1v) is 9.74. The van der Waals surface area contributed by atoms with Crippen molar-refractivity contribution in [3.05, 3.63) is 39.0 Å². The Morgan fingerprint density at radius 3 is 2.61 bits per heavy atom. The number of amides is 1. The number of aromatic nitrogens is 4. The van der Waals surface area contributed by atoms with Crippen LogP contribution in [-0.4, -0.2) is 45.4 Å². The quantitative estimate of drug-likeness (QED) is 0.614. The van der Waals surface area contributed by atoms with E-state index in [1.54, 1.807) is 24.9 Å². The van der Waals surface area contributed by atoms with Gasteiger partial charge in [0.25, 0.3) is 5.56 Å². The molecule has 3 heterocycles. The number of imidazole rings is 1. The van der Waals surface area contributed by atoms with E-state index < -0.39 is 23.7 Å². The summed E-state index contributed by atoms with van der Waals surface area (Å²) in [5.74, 6) is 1.15. The van der Waals surface area contributed by atoms with E-state index in [-0.39, 0.29) is 17.1 Å². The highest BCUT2D eigenvalue weighted by molar-refractivity contribution is 5.79. The second-order valence-electron chi connectivity index (χ2n) is 7.65. The van der Waals surface area contributed by atoms with E-state index >= 15 is 0 Å². The van der Waals surface area contributed by atoms with E-state index in [4.69, 9.17) is 15.2 Å². The van der Waals surface area contributed by atoms with Crippen molar-refractivity contribution in [1.29, 1.82) is 0 Å². The molecule has 164 valence electrons. The first-order chi connectivity index (χ1) is 14.8. The van der Waals surface area contributed by atoms with Gasteiger partial charge in [-0.3, -0.25) is 14.2 Å². The molecule has 0 saturated carbocycles. The van der Waals surface area contributed by atoms with Crippen molar-refractivity contribution in [3.8, 4) is 11.5 Å². The summed E-state index contributed by atoms with van der Waals surface area (Å²) in [5.41, 5.74) is 5.27. The average Bonchev–Trinajstić information content (AvgIpc) is 3.13. The number of hydrogen-bond donors (Lipinski definition) is 1. The van der Waals surface area contributed by atoms with Crippen LogP contribution >= 0.6 is 0 Å². The average molecular weight is 428 g/mol. The fraction of sp³-hybridized carbons (Fsp3) is 0.400. The normalized spacial score (nSPS) is 15.7. The van der Waals surface area contributed by atoms with Crippen LogP contribution < -0.4 is 31.4 Å². The molecule has 0 bridgehead atoms. The summed E-state index contributed by atoms with van der Waals surface area (Å²) in [5, 5.41) is 0. The molecule has 1 aliphatic heterocycles. The molecule has 0 fully saturated rings. The Balaban J connectivity index is 1.99.